The summed E-state index contributed by atoms with van der Waals surface area (Å²) in [6.07, 6.45) is 0. The number of para-hydroxylation sites is 3. The number of fused-ring (bicyclic) bond motifs is 3. The summed E-state index contributed by atoms with van der Waals surface area (Å²) in [5.41, 5.74) is 11.7. The van der Waals surface area contributed by atoms with E-state index >= 15 is 0 Å². The van der Waals surface area contributed by atoms with E-state index in [-0.39, 0.29) is 35.4 Å². The standard InChI is InChI=1S/C54H37NO/c1-3-17-39(18-4-1)43-21-7-8-23-45(43)46-24-9-10-25-47(46)48-26-12-15-29-52(48)55(51-28-14-11-22-44(51)40-19-5-2-6-20-40)42-34-31-38(32-35-42)41-33-36-50-49-27-13-16-30-53(49)56-54(50)37-41/h1-37H/i31D,32D,34D,35D. The average Bonchev–Trinajstić information content (AvgIpc) is 3.68. The molecule has 1 heterocycles. The van der Waals surface area contributed by atoms with Crippen LogP contribution in [0.15, 0.2) is 229 Å². The molecule has 2 heteroatoms. The van der Waals surface area contributed by atoms with E-state index in [0.29, 0.717) is 16.8 Å². The van der Waals surface area contributed by atoms with Gasteiger partial charge in [0.15, 0.2) is 0 Å². The number of anilines is 3. The van der Waals surface area contributed by atoms with E-state index in [4.69, 9.17) is 4.42 Å². The molecule has 0 fully saturated rings. The molecule has 0 aliphatic rings. The topological polar surface area (TPSA) is 16.4 Å². The first kappa shape index (κ1) is 29.0. The number of hydrogen-bond donors (Lipinski definition) is 0. The summed E-state index contributed by atoms with van der Waals surface area (Å²) in [6, 6.07) is 66.0. The molecule has 1 aromatic heterocycles. The summed E-state index contributed by atoms with van der Waals surface area (Å²) in [4.78, 5) is 1.92. The lowest BCUT2D eigenvalue weighted by atomic mass is 9.88. The molecule has 9 aromatic carbocycles. The maximum atomic E-state index is 9.80. The van der Waals surface area contributed by atoms with Crippen molar-refractivity contribution in [3.63, 3.8) is 0 Å². The van der Waals surface area contributed by atoms with Crippen molar-refractivity contribution >= 4 is 39.0 Å². The zero-order chi connectivity index (χ0) is 40.7. The van der Waals surface area contributed by atoms with Gasteiger partial charge in [-0.05, 0) is 86.9 Å². The Morgan fingerprint density at radius 2 is 0.786 bits per heavy atom. The fourth-order valence-corrected chi connectivity index (χ4v) is 7.78. The number of furan rings is 1. The molecule has 10 rings (SSSR count). The molecule has 0 unspecified atom stereocenters. The molecule has 0 bridgehead atoms. The summed E-state index contributed by atoms with van der Waals surface area (Å²) < 4.78 is 45.0. The Morgan fingerprint density at radius 3 is 1.46 bits per heavy atom. The first-order valence-electron chi connectivity index (χ1n) is 20.8. The molecule has 0 radical (unpaired) electrons. The van der Waals surface area contributed by atoms with Crippen LogP contribution in [0.1, 0.15) is 5.48 Å². The molecule has 0 saturated carbocycles. The Bertz CT molecular complexity index is 3180. The highest BCUT2D eigenvalue weighted by atomic mass is 16.3. The van der Waals surface area contributed by atoms with E-state index in [1.807, 2.05) is 132 Å². The lowest BCUT2D eigenvalue weighted by molar-refractivity contribution is 0.669. The smallest absolute Gasteiger partial charge is 0.136 e. The number of benzene rings is 9. The molecule has 0 atom stereocenters. The zero-order valence-corrected chi connectivity index (χ0v) is 30.4. The van der Waals surface area contributed by atoms with Crippen LogP contribution in [0, 0.1) is 0 Å². The van der Waals surface area contributed by atoms with Gasteiger partial charge in [0.05, 0.1) is 16.9 Å². The van der Waals surface area contributed by atoms with Gasteiger partial charge in [0.1, 0.15) is 11.2 Å². The lowest BCUT2D eigenvalue weighted by Gasteiger charge is -2.30. The van der Waals surface area contributed by atoms with Gasteiger partial charge >= 0.3 is 0 Å². The van der Waals surface area contributed by atoms with E-state index < -0.39 is 0 Å². The minimum atomic E-state index is -0.156. The van der Waals surface area contributed by atoms with Crippen molar-refractivity contribution in [2.45, 2.75) is 0 Å². The highest BCUT2D eigenvalue weighted by Crippen LogP contribution is 2.47. The van der Waals surface area contributed by atoms with Gasteiger partial charge in [-0.25, -0.2) is 0 Å². The highest BCUT2D eigenvalue weighted by molar-refractivity contribution is 6.06. The molecular weight excluding hydrogens is 679 g/mol. The summed E-state index contributed by atoms with van der Waals surface area (Å²) in [5.74, 6) is 0. The Hall–Kier alpha value is -7.42. The third-order valence-electron chi connectivity index (χ3n) is 10.4. The minimum absolute atomic E-state index is 0.140. The summed E-state index contributed by atoms with van der Waals surface area (Å²) >= 11 is 0. The van der Waals surface area contributed by atoms with Crippen molar-refractivity contribution in [3.05, 3.63) is 224 Å². The summed E-state index contributed by atoms with van der Waals surface area (Å²) in [5, 5.41) is 1.90. The number of nitrogens with zero attached hydrogens (tertiary/aromatic N) is 1. The predicted octanol–water partition coefficient (Wildman–Crippen LogP) is 15.4. The SMILES string of the molecule is [2H]c1c([2H])c(N(c2ccccc2-c2ccccc2)c2ccccc2-c2ccccc2-c2ccccc2-c2ccccc2)c([2H])c([2H])c1-c1ccc2c(c1)oc1ccccc12. The van der Waals surface area contributed by atoms with Crippen LogP contribution in [-0.2, 0) is 0 Å². The van der Waals surface area contributed by atoms with Gasteiger partial charge in [0, 0.05) is 27.6 Å². The second-order valence-electron chi connectivity index (χ2n) is 13.7. The normalized spacial score (nSPS) is 12.2. The first-order valence-corrected chi connectivity index (χ1v) is 18.8. The zero-order valence-electron chi connectivity index (χ0n) is 34.4. The predicted molar refractivity (Wildman–Crippen MR) is 236 cm³/mol. The van der Waals surface area contributed by atoms with Gasteiger partial charge in [-0.2, -0.15) is 0 Å². The van der Waals surface area contributed by atoms with E-state index in [1.54, 1.807) is 0 Å². The van der Waals surface area contributed by atoms with Gasteiger partial charge in [-0.15, -0.1) is 0 Å². The van der Waals surface area contributed by atoms with Crippen LogP contribution in [0.2, 0.25) is 0 Å². The van der Waals surface area contributed by atoms with Crippen molar-refractivity contribution in [1.82, 2.24) is 0 Å². The highest BCUT2D eigenvalue weighted by Gasteiger charge is 2.22. The van der Waals surface area contributed by atoms with Crippen LogP contribution in [0.5, 0.6) is 0 Å². The van der Waals surface area contributed by atoms with E-state index in [9.17, 15) is 5.48 Å². The minimum Gasteiger partial charge on any atom is -0.456 e. The molecule has 0 amide bonds. The van der Waals surface area contributed by atoms with Gasteiger partial charge in [-0.3, -0.25) is 0 Å². The van der Waals surface area contributed by atoms with Gasteiger partial charge < -0.3 is 9.32 Å². The molecule has 0 N–H and O–H groups in total. The van der Waals surface area contributed by atoms with Gasteiger partial charge in [0.25, 0.3) is 0 Å². The molecule has 56 heavy (non-hydrogen) atoms. The van der Waals surface area contributed by atoms with E-state index in [2.05, 4.69) is 72.8 Å². The fourth-order valence-electron chi connectivity index (χ4n) is 7.78. The Kier molecular flexibility index (Phi) is 7.47. The van der Waals surface area contributed by atoms with Crippen molar-refractivity contribution < 1.29 is 9.90 Å². The van der Waals surface area contributed by atoms with Crippen LogP contribution in [0.25, 0.3) is 77.6 Å². The molecular formula is C54H37NO. The third kappa shape index (κ3) is 6.04. The summed E-state index contributed by atoms with van der Waals surface area (Å²) in [7, 11) is 0. The number of rotatable bonds is 8. The maximum absolute atomic E-state index is 9.80. The van der Waals surface area contributed by atoms with Crippen molar-refractivity contribution in [2.24, 2.45) is 0 Å². The Labute approximate surface area is 332 Å². The van der Waals surface area contributed by atoms with Crippen LogP contribution in [-0.4, -0.2) is 0 Å². The molecule has 0 spiro atoms. The molecule has 0 aliphatic carbocycles. The Morgan fingerprint density at radius 1 is 0.321 bits per heavy atom. The Balaban J connectivity index is 1.22. The van der Waals surface area contributed by atoms with Crippen molar-refractivity contribution in [2.75, 3.05) is 4.90 Å². The molecule has 0 saturated heterocycles. The summed E-state index contributed by atoms with van der Waals surface area (Å²) in [6.45, 7) is 0. The van der Waals surface area contributed by atoms with Crippen LogP contribution < -0.4 is 4.90 Å². The quantitative estimate of drug-likeness (QED) is 0.155. The second kappa shape index (κ2) is 14.4. The van der Waals surface area contributed by atoms with E-state index in [1.165, 1.54) is 0 Å². The monoisotopic (exact) mass is 719 g/mol. The van der Waals surface area contributed by atoms with Gasteiger partial charge in [0.2, 0.25) is 0 Å². The van der Waals surface area contributed by atoms with Crippen LogP contribution in [0.4, 0.5) is 17.1 Å². The van der Waals surface area contributed by atoms with Crippen LogP contribution >= 0.6 is 0 Å². The first-order chi connectivity index (χ1) is 29.5. The molecule has 10 aromatic rings. The van der Waals surface area contributed by atoms with Gasteiger partial charge in [-0.1, -0.05) is 182 Å². The van der Waals surface area contributed by atoms with E-state index in [0.717, 1.165) is 66.6 Å². The fraction of sp³-hybridized carbons (Fsp3) is 0. The molecule has 0 aliphatic heterocycles. The van der Waals surface area contributed by atoms with Crippen molar-refractivity contribution in [3.8, 4) is 55.6 Å². The third-order valence-corrected chi connectivity index (χ3v) is 10.4. The number of hydrogen-bond acceptors (Lipinski definition) is 2. The van der Waals surface area contributed by atoms with Crippen LogP contribution in [0.3, 0.4) is 0 Å². The average molecular weight is 720 g/mol. The largest absolute Gasteiger partial charge is 0.456 e. The maximum Gasteiger partial charge on any atom is 0.136 e. The molecule has 2 nitrogen and oxygen atoms in total. The van der Waals surface area contributed by atoms with Crippen molar-refractivity contribution in [1.29, 1.82) is 0 Å². The lowest BCUT2D eigenvalue weighted by Crippen LogP contribution is -2.12. The molecule has 264 valence electrons. The second-order valence-corrected chi connectivity index (χ2v) is 13.7.